The predicted octanol–water partition coefficient (Wildman–Crippen LogP) is 0.158. The summed E-state index contributed by atoms with van der Waals surface area (Å²) in [5.41, 5.74) is 0. The van der Waals surface area contributed by atoms with E-state index in [4.69, 9.17) is 0 Å². The van der Waals surface area contributed by atoms with Crippen LogP contribution in [0.4, 0.5) is 0 Å². The van der Waals surface area contributed by atoms with Gasteiger partial charge in [0.05, 0.1) is 5.75 Å². The highest BCUT2D eigenvalue weighted by Gasteiger charge is 2.34. The molecule has 0 bridgehead atoms. The minimum Gasteiger partial charge on any atom is -0.300 e. The number of nitrogens with zero attached hydrogens (tertiary/aromatic N) is 3. The van der Waals surface area contributed by atoms with Gasteiger partial charge in [-0.15, -0.1) is 0 Å². The van der Waals surface area contributed by atoms with Crippen LogP contribution in [-0.2, 0) is 20.0 Å². The zero-order valence-electron chi connectivity index (χ0n) is 14.1. The molecule has 1 aliphatic carbocycles. The smallest absolute Gasteiger partial charge is 0.282 e. The molecule has 2 aliphatic rings. The average Bonchev–Trinajstić information content (AvgIpc) is 2.53. The van der Waals surface area contributed by atoms with Crippen LogP contribution in [0.1, 0.15) is 32.1 Å². The molecule has 0 aromatic carbocycles. The van der Waals surface area contributed by atoms with Gasteiger partial charge in [-0.1, -0.05) is 19.3 Å². The number of piperazine rings is 1. The van der Waals surface area contributed by atoms with Crippen LogP contribution in [0.3, 0.4) is 0 Å². The molecule has 0 N–H and O–H groups in total. The van der Waals surface area contributed by atoms with Gasteiger partial charge in [-0.3, -0.25) is 4.90 Å². The molecular weight excluding hydrogens is 338 g/mol. The van der Waals surface area contributed by atoms with Crippen molar-refractivity contribution in [3.8, 4) is 0 Å². The highest BCUT2D eigenvalue weighted by atomic mass is 32.2. The lowest BCUT2D eigenvalue weighted by Gasteiger charge is -2.38. The normalized spacial score (nSPS) is 23.4. The lowest BCUT2D eigenvalue weighted by atomic mass is 9.96. The van der Waals surface area contributed by atoms with Crippen molar-refractivity contribution in [1.29, 1.82) is 0 Å². The van der Waals surface area contributed by atoms with Gasteiger partial charge in [0, 0.05) is 52.1 Å². The third-order valence-electron chi connectivity index (χ3n) is 4.89. The Morgan fingerprint density at radius 2 is 1.52 bits per heavy atom. The minimum absolute atomic E-state index is 0.122. The van der Waals surface area contributed by atoms with Gasteiger partial charge >= 0.3 is 0 Å². The molecule has 7 nitrogen and oxygen atoms in total. The lowest BCUT2D eigenvalue weighted by molar-refractivity contribution is 0.183. The van der Waals surface area contributed by atoms with Crippen molar-refractivity contribution in [2.45, 2.75) is 38.1 Å². The molecule has 23 heavy (non-hydrogen) atoms. The van der Waals surface area contributed by atoms with Gasteiger partial charge in [0.1, 0.15) is 9.84 Å². The van der Waals surface area contributed by atoms with E-state index >= 15 is 0 Å². The van der Waals surface area contributed by atoms with Gasteiger partial charge in [-0.25, -0.2) is 8.42 Å². The van der Waals surface area contributed by atoms with Crippen molar-refractivity contribution in [2.75, 3.05) is 51.8 Å². The third-order valence-corrected chi connectivity index (χ3v) is 7.86. The maximum atomic E-state index is 12.7. The first-order chi connectivity index (χ1) is 10.7. The summed E-state index contributed by atoms with van der Waals surface area (Å²) in [7, 11) is -4.69. The highest BCUT2D eigenvalue weighted by Crippen LogP contribution is 2.25. The number of hydrogen-bond donors (Lipinski definition) is 0. The Morgan fingerprint density at radius 1 is 0.957 bits per heavy atom. The summed E-state index contributed by atoms with van der Waals surface area (Å²) in [6.07, 6.45) is 6.53. The van der Waals surface area contributed by atoms with Crippen molar-refractivity contribution >= 4 is 20.0 Å². The van der Waals surface area contributed by atoms with E-state index in [0.29, 0.717) is 32.7 Å². The van der Waals surface area contributed by atoms with Crippen LogP contribution < -0.4 is 0 Å². The summed E-state index contributed by atoms with van der Waals surface area (Å²) in [4.78, 5) is 2.02. The molecule has 1 heterocycles. The van der Waals surface area contributed by atoms with Crippen LogP contribution in [0.2, 0.25) is 0 Å². The second-order valence-electron chi connectivity index (χ2n) is 6.69. The molecule has 9 heteroatoms. The Hall–Kier alpha value is -0.220. The molecule has 0 atom stereocenters. The summed E-state index contributed by atoms with van der Waals surface area (Å²) in [6.45, 7) is 2.53. The number of rotatable bonds is 6. The summed E-state index contributed by atoms with van der Waals surface area (Å²) in [5, 5.41) is 0. The molecular formula is C14H29N3O4S2. The molecule has 0 unspecified atom stereocenters. The first kappa shape index (κ1) is 19.1. The minimum atomic E-state index is -3.41. The van der Waals surface area contributed by atoms with E-state index in [1.54, 1.807) is 15.7 Å². The van der Waals surface area contributed by atoms with Crippen molar-refractivity contribution in [1.82, 2.24) is 13.5 Å². The molecule has 1 saturated carbocycles. The topological polar surface area (TPSA) is 78.0 Å². The van der Waals surface area contributed by atoms with Crippen LogP contribution in [-0.4, -0.2) is 88.2 Å². The van der Waals surface area contributed by atoms with Crippen LogP contribution in [0, 0.1) is 0 Å². The summed E-state index contributed by atoms with van der Waals surface area (Å²) < 4.78 is 51.0. The zero-order chi connectivity index (χ0) is 17.1. The van der Waals surface area contributed by atoms with Gasteiger partial charge in [-0.05, 0) is 12.8 Å². The van der Waals surface area contributed by atoms with E-state index in [1.165, 1.54) is 12.7 Å². The highest BCUT2D eigenvalue weighted by molar-refractivity contribution is 7.90. The maximum Gasteiger partial charge on any atom is 0.282 e. The first-order valence-corrected chi connectivity index (χ1v) is 11.8. The number of hydrogen-bond acceptors (Lipinski definition) is 5. The fourth-order valence-electron chi connectivity index (χ4n) is 3.29. The Balaban J connectivity index is 1.87. The van der Waals surface area contributed by atoms with Crippen molar-refractivity contribution in [2.24, 2.45) is 0 Å². The third kappa shape index (κ3) is 5.38. The van der Waals surface area contributed by atoms with E-state index in [1.807, 2.05) is 4.90 Å². The van der Waals surface area contributed by atoms with Crippen LogP contribution in [0.25, 0.3) is 0 Å². The van der Waals surface area contributed by atoms with Gasteiger partial charge in [0.15, 0.2) is 0 Å². The molecule has 0 amide bonds. The monoisotopic (exact) mass is 367 g/mol. The van der Waals surface area contributed by atoms with Gasteiger partial charge < -0.3 is 0 Å². The van der Waals surface area contributed by atoms with Crippen molar-refractivity contribution in [3.63, 3.8) is 0 Å². The Labute approximate surface area is 140 Å². The fourth-order valence-corrected chi connectivity index (χ4v) is 5.46. The zero-order valence-corrected chi connectivity index (χ0v) is 15.8. The summed E-state index contributed by atoms with van der Waals surface area (Å²) in [5.74, 6) is 0.127. The quantitative estimate of drug-likeness (QED) is 0.668. The molecule has 136 valence electrons. The number of sulfone groups is 1. The van der Waals surface area contributed by atoms with Crippen LogP contribution in [0.5, 0.6) is 0 Å². The predicted molar refractivity (Wildman–Crippen MR) is 91.3 cm³/mol. The van der Waals surface area contributed by atoms with Crippen molar-refractivity contribution < 1.29 is 16.8 Å². The molecule has 0 aromatic heterocycles. The second kappa shape index (κ2) is 7.77. The SMILES string of the molecule is CN(C1CCCCC1)S(=O)(=O)N1CCN(CCS(C)(=O)=O)CC1. The lowest BCUT2D eigenvalue weighted by Crippen LogP contribution is -2.54. The molecule has 0 radical (unpaired) electrons. The van der Waals surface area contributed by atoms with E-state index < -0.39 is 20.0 Å². The Kier molecular flexibility index (Phi) is 6.46. The van der Waals surface area contributed by atoms with E-state index in [2.05, 4.69) is 0 Å². The molecule has 2 fully saturated rings. The van der Waals surface area contributed by atoms with Crippen LogP contribution in [0.15, 0.2) is 0 Å². The second-order valence-corrected chi connectivity index (χ2v) is 10.9. The van der Waals surface area contributed by atoms with Gasteiger partial charge in [0.25, 0.3) is 10.2 Å². The van der Waals surface area contributed by atoms with Gasteiger partial charge in [-0.2, -0.15) is 17.0 Å². The van der Waals surface area contributed by atoms with Crippen LogP contribution >= 0.6 is 0 Å². The summed E-state index contributed by atoms with van der Waals surface area (Å²) in [6, 6.07) is 0.122. The molecule has 1 aliphatic heterocycles. The largest absolute Gasteiger partial charge is 0.300 e. The Morgan fingerprint density at radius 3 is 2.04 bits per heavy atom. The maximum absolute atomic E-state index is 12.7. The standard InChI is InChI=1S/C14H29N3O4S2/c1-15(14-6-4-3-5-7-14)23(20,21)17-10-8-16(9-11-17)12-13-22(2,18)19/h14H,3-13H2,1-2H3. The van der Waals surface area contributed by atoms with Crippen molar-refractivity contribution in [3.05, 3.63) is 0 Å². The van der Waals surface area contributed by atoms with E-state index in [0.717, 1.165) is 25.7 Å². The fraction of sp³-hybridized carbons (Fsp3) is 1.00. The summed E-state index contributed by atoms with van der Waals surface area (Å²) >= 11 is 0. The van der Waals surface area contributed by atoms with E-state index in [9.17, 15) is 16.8 Å². The van der Waals surface area contributed by atoms with E-state index in [-0.39, 0.29) is 11.8 Å². The Bertz CT molecular complexity index is 577. The molecule has 0 aromatic rings. The molecule has 2 rings (SSSR count). The molecule has 0 spiro atoms. The molecule has 1 saturated heterocycles. The average molecular weight is 368 g/mol. The van der Waals surface area contributed by atoms with Gasteiger partial charge in [0.2, 0.25) is 0 Å². The first-order valence-electron chi connectivity index (χ1n) is 8.33.